The number of methoxy groups -OCH3 is 1. The molecule has 0 saturated heterocycles. The summed E-state index contributed by atoms with van der Waals surface area (Å²) in [5.41, 5.74) is -1.02. The average Bonchev–Trinajstić information content (AvgIpc) is 2.33. The van der Waals surface area contributed by atoms with Crippen LogP contribution in [0.2, 0.25) is 0 Å². The number of halogens is 1. The summed E-state index contributed by atoms with van der Waals surface area (Å²) in [6, 6.07) is 4.70. The predicted octanol–water partition coefficient (Wildman–Crippen LogP) is 2.17. The first-order valence-corrected chi connectivity index (χ1v) is 5.64. The minimum Gasteiger partial charge on any atom is -0.494 e. The molecule has 17 heavy (non-hydrogen) atoms. The Morgan fingerprint density at radius 2 is 2.00 bits per heavy atom. The Morgan fingerprint density at radius 1 is 1.35 bits per heavy atom. The van der Waals surface area contributed by atoms with E-state index < -0.39 is 11.4 Å². The van der Waals surface area contributed by atoms with E-state index in [1.807, 2.05) is 0 Å². The number of hydrogen-bond acceptors (Lipinski definition) is 3. The van der Waals surface area contributed by atoms with Crippen molar-refractivity contribution in [1.82, 2.24) is 0 Å². The van der Waals surface area contributed by atoms with Crippen LogP contribution in [-0.4, -0.2) is 18.0 Å². The molecule has 1 fully saturated rings. The summed E-state index contributed by atoms with van der Waals surface area (Å²) in [6.45, 7) is 0. The Labute approximate surface area is 99.2 Å². The summed E-state index contributed by atoms with van der Waals surface area (Å²) < 4.78 is 18.9. The maximum atomic E-state index is 14.0. The fraction of sp³-hybridized carbons (Fsp3) is 0.462. The Kier molecular flexibility index (Phi) is 3.15. The van der Waals surface area contributed by atoms with Crippen LogP contribution in [0.5, 0.6) is 5.75 Å². The monoisotopic (exact) mass is 238 g/mol. The van der Waals surface area contributed by atoms with Crippen LogP contribution in [0.1, 0.15) is 31.2 Å². The highest BCUT2D eigenvalue weighted by Crippen LogP contribution is 2.38. The molecule has 0 aromatic heterocycles. The van der Waals surface area contributed by atoms with Crippen molar-refractivity contribution in [2.24, 2.45) is 0 Å². The molecule has 0 radical (unpaired) electrons. The summed E-state index contributed by atoms with van der Waals surface area (Å²) in [7, 11) is 1.39. The molecule has 1 N–H and O–H groups in total. The third-order valence-corrected chi connectivity index (χ3v) is 3.32. The van der Waals surface area contributed by atoms with Crippen molar-refractivity contribution in [1.29, 1.82) is 0 Å². The van der Waals surface area contributed by atoms with Gasteiger partial charge in [-0.2, -0.15) is 0 Å². The molecule has 1 saturated carbocycles. The van der Waals surface area contributed by atoms with Gasteiger partial charge < -0.3 is 9.84 Å². The van der Waals surface area contributed by atoms with Crippen molar-refractivity contribution >= 4 is 5.78 Å². The average molecular weight is 238 g/mol. The first kappa shape index (κ1) is 12.0. The molecule has 1 aromatic carbocycles. The molecule has 1 aliphatic rings. The number of aliphatic hydroxyl groups is 1. The number of carbonyl (C=O) groups is 1. The van der Waals surface area contributed by atoms with Crippen LogP contribution in [0.3, 0.4) is 0 Å². The zero-order valence-electron chi connectivity index (χ0n) is 9.70. The van der Waals surface area contributed by atoms with Gasteiger partial charge in [0, 0.05) is 18.4 Å². The van der Waals surface area contributed by atoms with E-state index >= 15 is 0 Å². The highest BCUT2D eigenvalue weighted by Gasteiger charge is 2.36. The molecular weight excluding hydrogens is 223 g/mol. The largest absolute Gasteiger partial charge is 0.494 e. The van der Waals surface area contributed by atoms with Crippen LogP contribution in [0.25, 0.3) is 0 Å². The molecule has 2 rings (SSSR count). The molecule has 92 valence electrons. The first-order valence-electron chi connectivity index (χ1n) is 5.64. The lowest BCUT2D eigenvalue weighted by atomic mass is 9.79. The molecule has 0 bridgehead atoms. The standard InChI is InChI=1S/C13H15FO3/c1-17-11-4-2-3-10(12(11)14)13(16)7-5-9(15)6-8-13/h2-4,16H,5-8H2,1H3. The van der Waals surface area contributed by atoms with E-state index in [-0.39, 0.29) is 29.9 Å². The summed E-state index contributed by atoms with van der Waals surface area (Å²) in [4.78, 5) is 11.2. The Hall–Kier alpha value is -1.42. The molecule has 0 unspecified atom stereocenters. The van der Waals surface area contributed by atoms with Crippen molar-refractivity contribution in [2.75, 3.05) is 7.11 Å². The van der Waals surface area contributed by atoms with Gasteiger partial charge in [0.25, 0.3) is 0 Å². The quantitative estimate of drug-likeness (QED) is 0.858. The smallest absolute Gasteiger partial charge is 0.171 e. The molecule has 0 heterocycles. The van der Waals surface area contributed by atoms with Crippen LogP contribution in [-0.2, 0) is 10.4 Å². The van der Waals surface area contributed by atoms with Crippen molar-refractivity contribution in [2.45, 2.75) is 31.3 Å². The van der Waals surface area contributed by atoms with Gasteiger partial charge in [-0.25, -0.2) is 4.39 Å². The van der Waals surface area contributed by atoms with Crippen molar-refractivity contribution in [3.63, 3.8) is 0 Å². The number of ether oxygens (including phenoxy) is 1. The minimum absolute atomic E-state index is 0.118. The molecule has 3 nitrogen and oxygen atoms in total. The molecule has 0 spiro atoms. The summed E-state index contributed by atoms with van der Waals surface area (Å²) >= 11 is 0. The Morgan fingerprint density at radius 3 is 2.59 bits per heavy atom. The topological polar surface area (TPSA) is 46.5 Å². The minimum atomic E-state index is -1.24. The maximum Gasteiger partial charge on any atom is 0.171 e. The lowest BCUT2D eigenvalue weighted by molar-refractivity contribution is -0.125. The first-order chi connectivity index (χ1) is 8.07. The zero-order valence-corrected chi connectivity index (χ0v) is 9.70. The summed E-state index contributed by atoms with van der Waals surface area (Å²) in [6.07, 6.45) is 1.14. The van der Waals surface area contributed by atoms with Crippen molar-refractivity contribution in [3.05, 3.63) is 29.6 Å². The van der Waals surface area contributed by atoms with Gasteiger partial charge in [-0.05, 0) is 18.9 Å². The van der Waals surface area contributed by atoms with Gasteiger partial charge in [-0.3, -0.25) is 4.79 Å². The van der Waals surface area contributed by atoms with Gasteiger partial charge in [0.15, 0.2) is 11.6 Å². The molecule has 0 aliphatic heterocycles. The van der Waals surface area contributed by atoms with Crippen molar-refractivity contribution in [3.8, 4) is 5.75 Å². The maximum absolute atomic E-state index is 14.0. The van der Waals surface area contributed by atoms with Crippen LogP contribution in [0, 0.1) is 5.82 Å². The molecule has 1 aromatic rings. The van der Waals surface area contributed by atoms with E-state index in [0.717, 1.165) is 0 Å². The number of rotatable bonds is 2. The molecule has 1 aliphatic carbocycles. The van der Waals surface area contributed by atoms with E-state index in [9.17, 15) is 14.3 Å². The van der Waals surface area contributed by atoms with Crippen LogP contribution in [0.15, 0.2) is 18.2 Å². The fourth-order valence-corrected chi connectivity index (χ4v) is 2.24. The normalized spacial score (nSPS) is 19.1. The molecule has 0 atom stereocenters. The lowest BCUT2D eigenvalue weighted by Gasteiger charge is -2.32. The second kappa shape index (κ2) is 4.45. The van der Waals surface area contributed by atoms with Crippen LogP contribution in [0.4, 0.5) is 4.39 Å². The Bertz CT molecular complexity index is 432. The van der Waals surface area contributed by atoms with Gasteiger partial charge in [0.1, 0.15) is 5.78 Å². The van der Waals surface area contributed by atoms with Gasteiger partial charge in [-0.15, -0.1) is 0 Å². The molecular formula is C13H15FO3. The second-order valence-corrected chi connectivity index (χ2v) is 4.39. The van der Waals surface area contributed by atoms with Crippen LogP contribution < -0.4 is 4.74 Å². The Balaban J connectivity index is 2.36. The fourth-order valence-electron chi connectivity index (χ4n) is 2.24. The van der Waals surface area contributed by atoms with E-state index in [1.54, 1.807) is 12.1 Å². The summed E-state index contributed by atoms with van der Waals surface area (Å²) in [5, 5.41) is 10.4. The van der Waals surface area contributed by atoms with E-state index in [2.05, 4.69) is 0 Å². The highest BCUT2D eigenvalue weighted by molar-refractivity contribution is 5.79. The second-order valence-electron chi connectivity index (χ2n) is 4.39. The third-order valence-electron chi connectivity index (χ3n) is 3.32. The number of benzene rings is 1. The number of Topliss-reactive ketones (excluding diaryl/α,β-unsaturated/α-hetero) is 1. The van der Waals surface area contributed by atoms with Gasteiger partial charge >= 0.3 is 0 Å². The molecule has 0 amide bonds. The van der Waals surface area contributed by atoms with E-state index in [0.29, 0.717) is 12.8 Å². The number of ketones is 1. The van der Waals surface area contributed by atoms with E-state index in [1.165, 1.54) is 13.2 Å². The summed E-state index contributed by atoms with van der Waals surface area (Å²) in [5.74, 6) is -0.294. The number of carbonyl (C=O) groups excluding carboxylic acids is 1. The van der Waals surface area contributed by atoms with E-state index in [4.69, 9.17) is 4.74 Å². The highest BCUT2D eigenvalue weighted by atomic mass is 19.1. The van der Waals surface area contributed by atoms with Gasteiger partial charge in [0.2, 0.25) is 0 Å². The van der Waals surface area contributed by atoms with Crippen LogP contribution >= 0.6 is 0 Å². The SMILES string of the molecule is COc1cccc(C2(O)CCC(=O)CC2)c1F. The van der Waals surface area contributed by atoms with Gasteiger partial charge in [-0.1, -0.05) is 12.1 Å². The van der Waals surface area contributed by atoms with Gasteiger partial charge in [0.05, 0.1) is 12.7 Å². The number of hydrogen-bond donors (Lipinski definition) is 1. The molecule has 4 heteroatoms. The zero-order chi connectivity index (χ0) is 12.5. The van der Waals surface area contributed by atoms with Crippen molar-refractivity contribution < 1.29 is 19.0 Å². The lowest BCUT2D eigenvalue weighted by Crippen LogP contribution is -2.32. The predicted molar refractivity (Wildman–Crippen MR) is 60.3 cm³/mol. The third kappa shape index (κ3) is 2.17.